The highest BCUT2D eigenvalue weighted by Gasteiger charge is 2.36. The van der Waals surface area contributed by atoms with Crippen LogP contribution in [0.15, 0.2) is 41.8 Å². The van der Waals surface area contributed by atoms with E-state index in [1.54, 1.807) is 12.1 Å². The number of nitrogens with one attached hydrogen (secondary N) is 1. The minimum atomic E-state index is -3.52. The van der Waals surface area contributed by atoms with Gasteiger partial charge in [-0.1, -0.05) is 23.7 Å². The number of sulfonamides is 1. The molecule has 20 heavy (non-hydrogen) atoms. The average molecular weight is 312 g/mol. The summed E-state index contributed by atoms with van der Waals surface area (Å²) in [5.41, 5.74) is 0.968. The summed E-state index contributed by atoms with van der Waals surface area (Å²) in [4.78, 5) is 6.46. The SMILES string of the molecule is O=S(=O)(c1cnc[nH]1)N1CCCC1c1ccc(Cl)cc1. The minimum Gasteiger partial charge on any atom is -0.335 e. The van der Waals surface area contributed by atoms with Gasteiger partial charge in [0, 0.05) is 11.6 Å². The summed E-state index contributed by atoms with van der Waals surface area (Å²) in [6, 6.07) is 7.20. The molecule has 2 heterocycles. The van der Waals surface area contributed by atoms with Crippen LogP contribution in [0.4, 0.5) is 0 Å². The van der Waals surface area contributed by atoms with E-state index in [2.05, 4.69) is 9.97 Å². The van der Waals surface area contributed by atoms with Crippen LogP contribution in [0.5, 0.6) is 0 Å². The smallest absolute Gasteiger partial charge is 0.260 e. The van der Waals surface area contributed by atoms with Crippen molar-refractivity contribution in [1.29, 1.82) is 0 Å². The van der Waals surface area contributed by atoms with E-state index in [-0.39, 0.29) is 11.1 Å². The number of hydrogen-bond donors (Lipinski definition) is 1. The minimum absolute atomic E-state index is 0.137. The van der Waals surface area contributed by atoms with Crippen molar-refractivity contribution in [2.45, 2.75) is 23.9 Å². The van der Waals surface area contributed by atoms with Crippen LogP contribution in [0.3, 0.4) is 0 Å². The monoisotopic (exact) mass is 311 g/mol. The summed E-state index contributed by atoms with van der Waals surface area (Å²) in [6.45, 7) is 0.522. The van der Waals surface area contributed by atoms with Crippen LogP contribution in [-0.4, -0.2) is 29.2 Å². The summed E-state index contributed by atoms with van der Waals surface area (Å²) in [5, 5.41) is 0.785. The highest BCUT2D eigenvalue weighted by molar-refractivity contribution is 7.89. The van der Waals surface area contributed by atoms with Crippen LogP contribution >= 0.6 is 11.6 Å². The fraction of sp³-hybridized carbons (Fsp3) is 0.308. The molecule has 0 spiro atoms. The van der Waals surface area contributed by atoms with Gasteiger partial charge in [-0.3, -0.25) is 0 Å². The maximum atomic E-state index is 12.6. The molecule has 0 saturated carbocycles. The van der Waals surface area contributed by atoms with Gasteiger partial charge in [0.25, 0.3) is 10.0 Å². The first-order valence-corrected chi connectivity index (χ1v) is 8.16. The predicted molar refractivity (Wildman–Crippen MR) is 75.9 cm³/mol. The van der Waals surface area contributed by atoms with E-state index in [1.807, 2.05) is 12.1 Å². The Hall–Kier alpha value is -1.37. The Kier molecular flexibility index (Phi) is 3.54. The van der Waals surface area contributed by atoms with Crippen LogP contribution in [0, 0.1) is 0 Å². The number of benzene rings is 1. The lowest BCUT2D eigenvalue weighted by Crippen LogP contribution is -2.30. The van der Waals surface area contributed by atoms with Gasteiger partial charge >= 0.3 is 0 Å². The Morgan fingerprint density at radius 2 is 2.05 bits per heavy atom. The Morgan fingerprint density at radius 3 is 2.70 bits per heavy atom. The Morgan fingerprint density at radius 1 is 1.30 bits per heavy atom. The number of H-pyrrole nitrogens is 1. The molecule has 1 atom stereocenters. The normalized spacial score (nSPS) is 20.4. The van der Waals surface area contributed by atoms with Crippen LogP contribution in [0.25, 0.3) is 0 Å². The number of imidazole rings is 1. The molecule has 7 heteroatoms. The molecule has 3 rings (SSSR count). The molecule has 1 aliphatic rings. The van der Waals surface area contributed by atoms with Crippen LogP contribution in [-0.2, 0) is 10.0 Å². The first-order valence-electron chi connectivity index (χ1n) is 6.35. The molecule has 1 fully saturated rings. The summed E-state index contributed by atoms with van der Waals surface area (Å²) in [7, 11) is -3.52. The van der Waals surface area contributed by atoms with Crippen molar-refractivity contribution in [2.24, 2.45) is 0 Å². The Bertz CT molecular complexity index is 683. The van der Waals surface area contributed by atoms with Crippen molar-refractivity contribution >= 4 is 21.6 Å². The third kappa shape index (κ3) is 2.34. The molecule has 1 aliphatic heterocycles. The molecule has 1 aromatic heterocycles. The molecule has 0 bridgehead atoms. The number of halogens is 1. The van der Waals surface area contributed by atoms with Gasteiger partial charge in [-0.25, -0.2) is 13.4 Å². The number of hydrogen-bond acceptors (Lipinski definition) is 3. The summed E-state index contributed by atoms with van der Waals surface area (Å²) >= 11 is 5.88. The second-order valence-corrected chi connectivity index (χ2v) is 7.04. The maximum Gasteiger partial charge on any atom is 0.260 e. The molecule has 2 aromatic rings. The van der Waals surface area contributed by atoms with E-state index in [0.29, 0.717) is 11.6 Å². The first-order chi connectivity index (χ1) is 9.59. The second kappa shape index (κ2) is 5.20. The zero-order valence-corrected chi connectivity index (χ0v) is 12.2. The van der Waals surface area contributed by atoms with Crippen molar-refractivity contribution in [3.8, 4) is 0 Å². The van der Waals surface area contributed by atoms with E-state index < -0.39 is 10.0 Å². The van der Waals surface area contributed by atoms with Gasteiger partial charge in [0.05, 0.1) is 18.6 Å². The summed E-state index contributed by atoms with van der Waals surface area (Å²) in [5.74, 6) is 0. The maximum absolute atomic E-state index is 12.6. The van der Waals surface area contributed by atoms with Crippen molar-refractivity contribution < 1.29 is 8.42 Å². The van der Waals surface area contributed by atoms with Gasteiger partial charge in [0.2, 0.25) is 0 Å². The number of nitrogens with zero attached hydrogens (tertiary/aromatic N) is 2. The van der Waals surface area contributed by atoms with E-state index in [1.165, 1.54) is 16.8 Å². The molecule has 106 valence electrons. The van der Waals surface area contributed by atoms with Gasteiger partial charge < -0.3 is 4.98 Å². The lowest BCUT2D eigenvalue weighted by atomic mass is 10.1. The van der Waals surface area contributed by atoms with E-state index in [4.69, 9.17) is 11.6 Å². The fourth-order valence-corrected chi connectivity index (χ4v) is 4.26. The second-order valence-electron chi connectivity index (χ2n) is 4.74. The van der Waals surface area contributed by atoms with Gasteiger partial charge in [0.15, 0.2) is 5.03 Å². The number of rotatable bonds is 3. The lowest BCUT2D eigenvalue weighted by molar-refractivity contribution is 0.395. The van der Waals surface area contributed by atoms with Gasteiger partial charge in [-0.05, 0) is 30.5 Å². The van der Waals surface area contributed by atoms with Crippen LogP contribution in [0.1, 0.15) is 24.4 Å². The van der Waals surface area contributed by atoms with Crippen molar-refractivity contribution in [3.05, 3.63) is 47.4 Å². The lowest BCUT2D eigenvalue weighted by Gasteiger charge is -2.23. The van der Waals surface area contributed by atoms with Gasteiger partial charge in [-0.2, -0.15) is 4.31 Å². The summed E-state index contributed by atoms with van der Waals surface area (Å²) < 4.78 is 26.7. The first kappa shape index (κ1) is 13.6. The highest BCUT2D eigenvalue weighted by Crippen LogP contribution is 2.36. The predicted octanol–water partition coefficient (Wildman–Crippen LogP) is 2.59. The third-order valence-corrected chi connectivity index (χ3v) is 5.60. The average Bonchev–Trinajstić information content (AvgIpc) is 3.11. The zero-order chi connectivity index (χ0) is 14.2. The van der Waals surface area contributed by atoms with E-state index >= 15 is 0 Å². The largest absolute Gasteiger partial charge is 0.335 e. The van der Waals surface area contributed by atoms with Crippen LogP contribution in [0.2, 0.25) is 5.02 Å². The topological polar surface area (TPSA) is 66.1 Å². The van der Waals surface area contributed by atoms with Crippen LogP contribution < -0.4 is 0 Å². The third-order valence-electron chi connectivity index (χ3n) is 3.52. The molecular formula is C13H14ClN3O2S. The number of aromatic nitrogens is 2. The van der Waals surface area contributed by atoms with Gasteiger partial charge in [-0.15, -0.1) is 0 Å². The van der Waals surface area contributed by atoms with Crippen molar-refractivity contribution in [1.82, 2.24) is 14.3 Å². The van der Waals surface area contributed by atoms with Crippen molar-refractivity contribution in [2.75, 3.05) is 6.54 Å². The molecule has 0 aliphatic carbocycles. The molecule has 1 unspecified atom stereocenters. The summed E-state index contributed by atoms with van der Waals surface area (Å²) in [6.07, 6.45) is 4.38. The highest BCUT2D eigenvalue weighted by atomic mass is 35.5. The molecule has 1 saturated heterocycles. The van der Waals surface area contributed by atoms with E-state index in [9.17, 15) is 8.42 Å². The molecule has 0 amide bonds. The quantitative estimate of drug-likeness (QED) is 0.947. The van der Waals surface area contributed by atoms with E-state index in [0.717, 1.165) is 18.4 Å². The zero-order valence-electron chi connectivity index (χ0n) is 10.7. The standard InChI is InChI=1S/C13H14ClN3O2S/c14-11-5-3-10(4-6-11)12-2-1-7-17(12)20(18,19)13-8-15-9-16-13/h3-6,8-9,12H,1-2,7H2,(H,15,16). The molecule has 5 nitrogen and oxygen atoms in total. The van der Waals surface area contributed by atoms with Crippen molar-refractivity contribution in [3.63, 3.8) is 0 Å². The molecule has 1 aromatic carbocycles. The Labute approximate surface area is 122 Å². The van der Waals surface area contributed by atoms with Gasteiger partial charge in [0.1, 0.15) is 0 Å². The molecular weight excluding hydrogens is 298 g/mol. The Balaban J connectivity index is 1.95. The molecule has 1 N–H and O–H groups in total. The molecule has 0 radical (unpaired) electrons. The number of aromatic amines is 1. The fourth-order valence-electron chi connectivity index (χ4n) is 2.56.